The molecule has 0 aliphatic rings. The summed E-state index contributed by atoms with van der Waals surface area (Å²) in [6.07, 6.45) is -0.646. The molecule has 5 nitrogen and oxygen atoms in total. The zero-order valence-corrected chi connectivity index (χ0v) is 14.6. The first-order chi connectivity index (χ1) is 12.0. The first kappa shape index (κ1) is 18.6. The molecule has 0 aliphatic heterocycles. The maximum atomic E-state index is 13.5. The van der Waals surface area contributed by atoms with Crippen molar-refractivity contribution >= 4 is 5.91 Å². The highest BCUT2D eigenvalue weighted by molar-refractivity contribution is 5.80. The van der Waals surface area contributed by atoms with Gasteiger partial charge in [0.1, 0.15) is 18.1 Å². The Kier molecular flexibility index (Phi) is 6.62. The molecule has 0 aliphatic carbocycles. The molecule has 0 fully saturated rings. The summed E-state index contributed by atoms with van der Waals surface area (Å²) in [6.45, 7) is 2.20. The number of hydrogen-bond acceptors (Lipinski definition) is 4. The zero-order chi connectivity index (χ0) is 18.2. The minimum Gasteiger partial charge on any atom is -0.497 e. The van der Waals surface area contributed by atoms with E-state index in [0.29, 0.717) is 18.0 Å². The molecule has 0 radical (unpaired) electrons. The van der Waals surface area contributed by atoms with Crippen LogP contribution in [0.25, 0.3) is 0 Å². The van der Waals surface area contributed by atoms with Crippen LogP contribution in [0.4, 0.5) is 4.39 Å². The summed E-state index contributed by atoms with van der Waals surface area (Å²) in [7, 11) is 3.24. The lowest BCUT2D eigenvalue weighted by atomic mass is 10.3. The van der Waals surface area contributed by atoms with E-state index in [0.717, 1.165) is 0 Å². The molecule has 6 heteroatoms. The summed E-state index contributed by atoms with van der Waals surface area (Å²) in [5.74, 6) is 0.859. The number of amides is 1. The highest BCUT2D eigenvalue weighted by Crippen LogP contribution is 2.19. The average molecular weight is 347 g/mol. The molecule has 0 N–H and O–H groups in total. The van der Waals surface area contributed by atoms with E-state index in [2.05, 4.69) is 0 Å². The molecule has 1 unspecified atom stereocenters. The van der Waals surface area contributed by atoms with Gasteiger partial charge in [-0.3, -0.25) is 4.79 Å². The lowest BCUT2D eigenvalue weighted by molar-refractivity contribution is -0.136. The first-order valence-corrected chi connectivity index (χ1v) is 7.94. The van der Waals surface area contributed by atoms with Gasteiger partial charge in [-0.15, -0.1) is 0 Å². The highest BCUT2D eigenvalue weighted by Gasteiger charge is 2.19. The highest BCUT2D eigenvalue weighted by atomic mass is 19.1. The third-order valence-corrected chi connectivity index (χ3v) is 3.62. The van der Waals surface area contributed by atoms with Crippen LogP contribution in [-0.4, -0.2) is 44.2 Å². The minimum absolute atomic E-state index is 0.172. The van der Waals surface area contributed by atoms with Crippen LogP contribution in [-0.2, 0) is 4.79 Å². The number of nitrogens with zero attached hydrogens (tertiary/aromatic N) is 1. The summed E-state index contributed by atoms with van der Waals surface area (Å²) >= 11 is 0. The third kappa shape index (κ3) is 5.38. The van der Waals surface area contributed by atoms with Crippen molar-refractivity contribution < 1.29 is 23.4 Å². The van der Waals surface area contributed by atoms with Gasteiger partial charge in [0.05, 0.1) is 13.7 Å². The van der Waals surface area contributed by atoms with Crippen LogP contribution >= 0.6 is 0 Å². The van der Waals surface area contributed by atoms with Crippen molar-refractivity contribution in [3.63, 3.8) is 0 Å². The smallest absolute Gasteiger partial charge is 0.263 e. The van der Waals surface area contributed by atoms with E-state index in [1.165, 1.54) is 11.0 Å². The number of rotatable bonds is 8. The lowest BCUT2D eigenvalue weighted by Crippen LogP contribution is -2.40. The van der Waals surface area contributed by atoms with Crippen molar-refractivity contribution in [3.8, 4) is 17.2 Å². The first-order valence-electron chi connectivity index (χ1n) is 7.94. The fraction of sp³-hybridized carbons (Fsp3) is 0.316. The Labute approximate surface area is 146 Å². The average Bonchev–Trinajstić information content (AvgIpc) is 2.63. The fourth-order valence-corrected chi connectivity index (χ4v) is 2.18. The van der Waals surface area contributed by atoms with Gasteiger partial charge in [-0.05, 0) is 43.3 Å². The van der Waals surface area contributed by atoms with Crippen molar-refractivity contribution in [3.05, 3.63) is 54.3 Å². The second-order valence-electron chi connectivity index (χ2n) is 5.47. The number of ether oxygens (including phenoxy) is 3. The van der Waals surface area contributed by atoms with E-state index in [1.807, 2.05) is 0 Å². The largest absolute Gasteiger partial charge is 0.497 e. The van der Waals surface area contributed by atoms with E-state index in [1.54, 1.807) is 63.5 Å². The molecule has 1 amide bonds. The second-order valence-corrected chi connectivity index (χ2v) is 5.47. The van der Waals surface area contributed by atoms with Gasteiger partial charge in [0.2, 0.25) is 0 Å². The van der Waals surface area contributed by atoms with Crippen LogP contribution in [0.1, 0.15) is 6.92 Å². The van der Waals surface area contributed by atoms with E-state index in [9.17, 15) is 9.18 Å². The molecule has 2 rings (SSSR count). The molecule has 25 heavy (non-hydrogen) atoms. The number of benzene rings is 2. The summed E-state index contributed by atoms with van der Waals surface area (Å²) in [5, 5.41) is 0. The fourth-order valence-electron chi connectivity index (χ4n) is 2.18. The topological polar surface area (TPSA) is 48.0 Å². The monoisotopic (exact) mass is 347 g/mol. The molecule has 0 heterocycles. The predicted octanol–water partition coefficient (Wildman–Crippen LogP) is 3.14. The lowest BCUT2D eigenvalue weighted by Gasteiger charge is -2.22. The second kappa shape index (κ2) is 8.92. The van der Waals surface area contributed by atoms with Gasteiger partial charge in [0.25, 0.3) is 5.91 Å². The van der Waals surface area contributed by atoms with Gasteiger partial charge >= 0.3 is 0 Å². The number of carbonyl (C=O) groups excluding carboxylic acids is 1. The SMILES string of the molecule is COc1ccc(OC(C)C(=O)N(C)CCOc2ccccc2F)cc1. The Morgan fingerprint density at radius 2 is 1.76 bits per heavy atom. The molecule has 0 spiro atoms. The molecule has 134 valence electrons. The Morgan fingerprint density at radius 1 is 1.12 bits per heavy atom. The van der Waals surface area contributed by atoms with Crippen molar-refractivity contribution in [2.75, 3.05) is 27.3 Å². The number of carbonyl (C=O) groups is 1. The van der Waals surface area contributed by atoms with Gasteiger partial charge in [0.15, 0.2) is 17.7 Å². The normalized spacial score (nSPS) is 11.5. The van der Waals surface area contributed by atoms with Crippen molar-refractivity contribution in [2.45, 2.75) is 13.0 Å². The predicted molar refractivity (Wildman–Crippen MR) is 92.6 cm³/mol. The van der Waals surface area contributed by atoms with Gasteiger partial charge in [-0.1, -0.05) is 12.1 Å². The third-order valence-electron chi connectivity index (χ3n) is 3.62. The summed E-state index contributed by atoms with van der Waals surface area (Å²) in [4.78, 5) is 13.8. The summed E-state index contributed by atoms with van der Waals surface area (Å²) < 4.78 is 29.5. The van der Waals surface area contributed by atoms with E-state index < -0.39 is 11.9 Å². The van der Waals surface area contributed by atoms with Crippen LogP contribution in [0.15, 0.2) is 48.5 Å². The molecular weight excluding hydrogens is 325 g/mol. The molecule has 1 atom stereocenters. The van der Waals surface area contributed by atoms with Gasteiger partial charge in [-0.25, -0.2) is 4.39 Å². The maximum Gasteiger partial charge on any atom is 0.263 e. The minimum atomic E-state index is -0.646. The number of methoxy groups -OCH3 is 1. The molecule has 2 aromatic carbocycles. The number of halogens is 1. The van der Waals surface area contributed by atoms with E-state index in [4.69, 9.17) is 14.2 Å². The van der Waals surface area contributed by atoms with Gasteiger partial charge < -0.3 is 19.1 Å². The van der Waals surface area contributed by atoms with Gasteiger partial charge in [0, 0.05) is 7.05 Å². The molecule has 0 saturated carbocycles. The van der Waals surface area contributed by atoms with Crippen molar-refractivity contribution in [1.29, 1.82) is 0 Å². The zero-order valence-electron chi connectivity index (χ0n) is 14.6. The van der Waals surface area contributed by atoms with Crippen molar-refractivity contribution in [2.24, 2.45) is 0 Å². The van der Waals surface area contributed by atoms with E-state index >= 15 is 0 Å². The van der Waals surface area contributed by atoms with Crippen LogP contribution < -0.4 is 14.2 Å². The number of hydrogen-bond donors (Lipinski definition) is 0. The standard InChI is InChI=1S/C19H22FNO4/c1-14(25-16-10-8-15(23-3)9-11-16)19(22)21(2)12-13-24-18-7-5-4-6-17(18)20/h4-11,14H,12-13H2,1-3H3. The molecule has 0 aromatic heterocycles. The Hall–Kier alpha value is -2.76. The number of likely N-dealkylation sites (N-methyl/N-ethyl adjacent to an activating group) is 1. The van der Waals surface area contributed by atoms with Crippen LogP contribution in [0.2, 0.25) is 0 Å². The molecule has 0 bridgehead atoms. The Bertz CT molecular complexity index is 690. The maximum absolute atomic E-state index is 13.5. The Morgan fingerprint density at radius 3 is 2.40 bits per heavy atom. The van der Waals surface area contributed by atoms with Crippen molar-refractivity contribution in [1.82, 2.24) is 4.90 Å². The quantitative estimate of drug-likeness (QED) is 0.736. The molecule has 0 saturated heterocycles. The molecular formula is C19H22FNO4. The van der Waals surface area contributed by atoms with Crippen LogP contribution in [0.3, 0.4) is 0 Å². The molecule has 2 aromatic rings. The Balaban J connectivity index is 1.80. The van der Waals surface area contributed by atoms with Crippen LogP contribution in [0.5, 0.6) is 17.2 Å². The summed E-state index contributed by atoms with van der Waals surface area (Å²) in [6, 6.07) is 13.2. The van der Waals surface area contributed by atoms with E-state index in [-0.39, 0.29) is 18.3 Å². The van der Waals surface area contributed by atoms with Gasteiger partial charge in [-0.2, -0.15) is 0 Å². The number of para-hydroxylation sites is 1. The summed E-state index contributed by atoms with van der Waals surface area (Å²) in [5.41, 5.74) is 0. The van der Waals surface area contributed by atoms with Crippen LogP contribution in [0, 0.1) is 5.82 Å².